The standard InChI is InChI=1S/C17H19FN4O/c18-14-4-6-15(7-5-14)20-13-17(23)22-11-9-21(10-12-22)16-3-1-2-8-19-16/h1-8,20H,9-13H2. The van der Waals surface area contributed by atoms with Crippen LogP contribution in [-0.4, -0.2) is 48.5 Å². The second-order valence-corrected chi connectivity index (χ2v) is 5.42. The molecule has 0 aliphatic carbocycles. The molecule has 120 valence electrons. The maximum atomic E-state index is 12.8. The van der Waals surface area contributed by atoms with Crippen LogP contribution in [0.4, 0.5) is 15.9 Å². The van der Waals surface area contributed by atoms with Gasteiger partial charge in [0.25, 0.3) is 0 Å². The second-order valence-electron chi connectivity index (χ2n) is 5.42. The van der Waals surface area contributed by atoms with E-state index in [2.05, 4.69) is 15.2 Å². The topological polar surface area (TPSA) is 48.5 Å². The number of piperazine rings is 1. The molecule has 1 amide bonds. The summed E-state index contributed by atoms with van der Waals surface area (Å²) in [5, 5.41) is 3.03. The highest BCUT2D eigenvalue weighted by atomic mass is 19.1. The monoisotopic (exact) mass is 314 g/mol. The number of carbonyl (C=O) groups excluding carboxylic acids is 1. The molecule has 2 heterocycles. The van der Waals surface area contributed by atoms with Crippen molar-refractivity contribution >= 4 is 17.4 Å². The average molecular weight is 314 g/mol. The third-order valence-corrected chi connectivity index (χ3v) is 3.89. The Balaban J connectivity index is 1.47. The summed E-state index contributed by atoms with van der Waals surface area (Å²) in [6, 6.07) is 11.8. The molecule has 0 atom stereocenters. The van der Waals surface area contributed by atoms with Gasteiger partial charge in [0, 0.05) is 38.1 Å². The second kappa shape index (κ2) is 7.09. The van der Waals surface area contributed by atoms with E-state index >= 15 is 0 Å². The van der Waals surface area contributed by atoms with Gasteiger partial charge in [-0.2, -0.15) is 0 Å². The summed E-state index contributed by atoms with van der Waals surface area (Å²) >= 11 is 0. The van der Waals surface area contributed by atoms with E-state index in [1.54, 1.807) is 18.3 Å². The molecular weight excluding hydrogens is 295 g/mol. The molecule has 1 aromatic heterocycles. The Bertz CT molecular complexity index is 639. The van der Waals surface area contributed by atoms with E-state index in [1.807, 2.05) is 23.1 Å². The fraction of sp³-hybridized carbons (Fsp3) is 0.294. The van der Waals surface area contributed by atoms with Gasteiger partial charge < -0.3 is 15.1 Å². The van der Waals surface area contributed by atoms with Gasteiger partial charge in [-0.3, -0.25) is 4.79 Å². The van der Waals surface area contributed by atoms with Crippen LogP contribution in [0.15, 0.2) is 48.7 Å². The van der Waals surface area contributed by atoms with Crippen molar-refractivity contribution in [3.8, 4) is 0 Å². The summed E-state index contributed by atoms with van der Waals surface area (Å²) in [6.45, 7) is 3.13. The zero-order valence-corrected chi connectivity index (χ0v) is 12.8. The van der Waals surface area contributed by atoms with Gasteiger partial charge in [0.1, 0.15) is 11.6 Å². The molecule has 1 aliphatic rings. The van der Waals surface area contributed by atoms with Crippen molar-refractivity contribution in [1.29, 1.82) is 0 Å². The van der Waals surface area contributed by atoms with Crippen LogP contribution in [0, 0.1) is 5.82 Å². The molecule has 23 heavy (non-hydrogen) atoms. The predicted molar refractivity (Wildman–Crippen MR) is 87.9 cm³/mol. The third-order valence-electron chi connectivity index (χ3n) is 3.89. The lowest BCUT2D eigenvalue weighted by Crippen LogP contribution is -2.50. The number of carbonyl (C=O) groups is 1. The molecule has 5 nitrogen and oxygen atoms in total. The molecule has 1 fully saturated rings. The Labute approximate surface area is 134 Å². The zero-order chi connectivity index (χ0) is 16.1. The van der Waals surface area contributed by atoms with Gasteiger partial charge in [-0.05, 0) is 36.4 Å². The van der Waals surface area contributed by atoms with E-state index in [0.717, 1.165) is 24.6 Å². The minimum atomic E-state index is -0.285. The quantitative estimate of drug-likeness (QED) is 0.937. The van der Waals surface area contributed by atoms with E-state index in [0.29, 0.717) is 13.1 Å². The minimum absolute atomic E-state index is 0.0509. The van der Waals surface area contributed by atoms with Crippen molar-refractivity contribution in [2.45, 2.75) is 0 Å². The van der Waals surface area contributed by atoms with Crippen molar-refractivity contribution in [3.05, 3.63) is 54.5 Å². The summed E-state index contributed by atoms with van der Waals surface area (Å²) in [4.78, 5) is 20.6. The molecule has 1 aliphatic heterocycles. The van der Waals surface area contributed by atoms with Crippen LogP contribution >= 0.6 is 0 Å². The molecular formula is C17H19FN4O. The number of nitrogens with zero attached hydrogens (tertiary/aromatic N) is 3. The van der Waals surface area contributed by atoms with Crippen molar-refractivity contribution in [1.82, 2.24) is 9.88 Å². The van der Waals surface area contributed by atoms with Crippen LogP contribution in [0.5, 0.6) is 0 Å². The number of nitrogens with one attached hydrogen (secondary N) is 1. The van der Waals surface area contributed by atoms with Gasteiger partial charge in [-0.1, -0.05) is 6.07 Å². The molecule has 1 N–H and O–H groups in total. The van der Waals surface area contributed by atoms with E-state index in [1.165, 1.54) is 12.1 Å². The predicted octanol–water partition coefficient (Wildman–Crippen LogP) is 1.98. The zero-order valence-electron chi connectivity index (χ0n) is 12.8. The number of rotatable bonds is 4. The van der Waals surface area contributed by atoms with Crippen LogP contribution in [0.3, 0.4) is 0 Å². The first-order valence-corrected chi connectivity index (χ1v) is 7.65. The molecule has 0 bridgehead atoms. The van der Waals surface area contributed by atoms with Gasteiger partial charge in [0.2, 0.25) is 5.91 Å². The smallest absolute Gasteiger partial charge is 0.241 e. The Morgan fingerprint density at radius 3 is 2.48 bits per heavy atom. The molecule has 2 aromatic rings. The van der Waals surface area contributed by atoms with Crippen LogP contribution < -0.4 is 10.2 Å². The lowest BCUT2D eigenvalue weighted by molar-refractivity contribution is -0.129. The van der Waals surface area contributed by atoms with Gasteiger partial charge >= 0.3 is 0 Å². The number of amides is 1. The Kier molecular flexibility index (Phi) is 4.71. The number of halogens is 1. The summed E-state index contributed by atoms with van der Waals surface area (Å²) in [6.07, 6.45) is 1.78. The number of hydrogen-bond acceptors (Lipinski definition) is 4. The number of pyridine rings is 1. The maximum absolute atomic E-state index is 12.8. The highest BCUT2D eigenvalue weighted by molar-refractivity contribution is 5.81. The molecule has 3 rings (SSSR count). The Hall–Kier alpha value is -2.63. The van der Waals surface area contributed by atoms with Crippen molar-refractivity contribution in [3.63, 3.8) is 0 Å². The van der Waals surface area contributed by atoms with Gasteiger partial charge in [-0.15, -0.1) is 0 Å². The first-order valence-electron chi connectivity index (χ1n) is 7.65. The van der Waals surface area contributed by atoms with E-state index in [9.17, 15) is 9.18 Å². The van der Waals surface area contributed by atoms with Crippen LogP contribution in [0.2, 0.25) is 0 Å². The van der Waals surface area contributed by atoms with E-state index < -0.39 is 0 Å². The SMILES string of the molecule is O=C(CNc1ccc(F)cc1)N1CCN(c2ccccn2)CC1. The largest absolute Gasteiger partial charge is 0.376 e. The van der Waals surface area contributed by atoms with Gasteiger partial charge in [0.15, 0.2) is 0 Å². The highest BCUT2D eigenvalue weighted by Crippen LogP contribution is 2.13. The maximum Gasteiger partial charge on any atom is 0.241 e. The lowest BCUT2D eigenvalue weighted by Gasteiger charge is -2.35. The highest BCUT2D eigenvalue weighted by Gasteiger charge is 2.21. The summed E-state index contributed by atoms with van der Waals surface area (Å²) in [5.41, 5.74) is 0.742. The molecule has 1 aromatic carbocycles. The summed E-state index contributed by atoms with van der Waals surface area (Å²) < 4.78 is 12.8. The van der Waals surface area contributed by atoms with Crippen LogP contribution in [0.25, 0.3) is 0 Å². The lowest BCUT2D eigenvalue weighted by atomic mass is 10.3. The number of aromatic nitrogens is 1. The number of hydrogen-bond donors (Lipinski definition) is 1. The van der Waals surface area contributed by atoms with Crippen molar-refractivity contribution in [2.75, 3.05) is 42.9 Å². The van der Waals surface area contributed by atoms with Gasteiger partial charge in [-0.25, -0.2) is 9.37 Å². The van der Waals surface area contributed by atoms with Crippen molar-refractivity contribution in [2.24, 2.45) is 0 Å². The molecule has 0 spiro atoms. The first-order chi connectivity index (χ1) is 11.2. The normalized spacial score (nSPS) is 14.7. The first kappa shape index (κ1) is 15.3. The Morgan fingerprint density at radius 2 is 1.83 bits per heavy atom. The van der Waals surface area contributed by atoms with Crippen molar-refractivity contribution < 1.29 is 9.18 Å². The summed E-state index contributed by atoms with van der Waals surface area (Å²) in [5.74, 6) is 0.714. The fourth-order valence-corrected chi connectivity index (χ4v) is 2.58. The third kappa shape index (κ3) is 3.97. The summed E-state index contributed by atoms with van der Waals surface area (Å²) in [7, 11) is 0. The molecule has 1 saturated heterocycles. The van der Waals surface area contributed by atoms with Gasteiger partial charge in [0.05, 0.1) is 6.54 Å². The van der Waals surface area contributed by atoms with Crippen LogP contribution in [-0.2, 0) is 4.79 Å². The van der Waals surface area contributed by atoms with E-state index in [-0.39, 0.29) is 18.3 Å². The Morgan fingerprint density at radius 1 is 1.09 bits per heavy atom. The molecule has 0 saturated carbocycles. The van der Waals surface area contributed by atoms with Crippen LogP contribution in [0.1, 0.15) is 0 Å². The average Bonchev–Trinajstić information content (AvgIpc) is 2.62. The number of benzene rings is 1. The van der Waals surface area contributed by atoms with E-state index in [4.69, 9.17) is 0 Å². The molecule has 0 radical (unpaired) electrons. The molecule has 6 heteroatoms. The molecule has 0 unspecified atom stereocenters. The number of anilines is 2. The minimum Gasteiger partial charge on any atom is -0.376 e. The fourth-order valence-electron chi connectivity index (χ4n) is 2.58.